The number of nitrogens with zero attached hydrogens (tertiary/aromatic N) is 2. The van der Waals surface area contributed by atoms with Crippen LogP contribution < -0.4 is 0 Å². The van der Waals surface area contributed by atoms with E-state index in [2.05, 4.69) is 51.0 Å². The summed E-state index contributed by atoms with van der Waals surface area (Å²) in [5.41, 5.74) is 1.77. The van der Waals surface area contributed by atoms with E-state index in [9.17, 15) is 0 Å². The minimum atomic E-state index is 0.875. The van der Waals surface area contributed by atoms with Crippen molar-refractivity contribution in [3.05, 3.63) is 70.3 Å². The van der Waals surface area contributed by atoms with E-state index in [1.807, 2.05) is 48.5 Å². The number of azo groups is 1. The molecule has 0 atom stereocenters. The summed E-state index contributed by atoms with van der Waals surface area (Å²) in [7, 11) is 0. The maximum atomic E-state index is 4.37. The first-order valence-corrected chi connectivity index (χ1v) is 7.06. The van der Waals surface area contributed by atoms with Crippen LogP contribution in [-0.2, 0) is 0 Å². The SMILES string of the molecule is Ic1cccc(N=Nc2cccc3ccccc23)c1. The molecule has 0 spiro atoms. The minimum Gasteiger partial charge on any atom is -0.151 e. The van der Waals surface area contributed by atoms with Gasteiger partial charge in [0.1, 0.15) is 0 Å². The van der Waals surface area contributed by atoms with Crippen LogP contribution in [0.3, 0.4) is 0 Å². The summed E-state index contributed by atoms with van der Waals surface area (Å²) < 4.78 is 1.16. The molecule has 0 bridgehead atoms. The second-order valence-corrected chi connectivity index (χ2v) is 5.42. The molecule has 0 radical (unpaired) electrons. The van der Waals surface area contributed by atoms with Gasteiger partial charge in [0.05, 0.1) is 11.4 Å². The van der Waals surface area contributed by atoms with Crippen molar-refractivity contribution in [2.24, 2.45) is 10.2 Å². The quantitative estimate of drug-likeness (QED) is 0.405. The second-order valence-electron chi connectivity index (χ2n) is 4.18. The Kier molecular flexibility index (Phi) is 3.55. The standard InChI is InChI=1S/C16H11IN2/c17-13-7-4-8-14(11-13)18-19-16-10-3-6-12-5-1-2-9-15(12)16/h1-11H. The van der Waals surface area contributed by atoms with Crippen LogP contribution in [-0.4, -0.2) is 0 Å². The molecule has 0 aliphatic rings. The van der Waals surface area contributed by atoms with E-state index in [0.29, 0.717) is 0 Å². The molecule has 3 aromatic rings. The average Bonchev–Trinajstić information content (AvgIpc) is 2.45. The zero-order valence-corrected chi connectivity index (χ0v) is 12.3. The van der Waals surface area contributed by atoms with E-state index in [1.54, 1.807) is 0 Å². The number of benzene rings is 3. The average molecular weight is 358 g/mol. The zero-order chi connectivity index (χ0) is 13.1. The van der Waals surface area contributed by atoms with Crippen LogP contribution >= 0.6 is 22.6 Å². The lowest BCUT2D eigenvalue weighted by Crippen LogP contribution is -1.72. The van der Waals surface area contributed by atoms with Crippen LogP contribution in [0.4, 0.5) is 11.4 Å². The van der Waals surface area contributed by atoms with Crippen LogP contribution in [0.1, 0.15) is 0 Å². The van der Waals surface area contributed by atoms with E-state index in [0.717, 1.165) is 20.3 Å². The predicted octanol–water partition coefficient (Wildman–Crippen LogP) is 5.86. The minimum absolute atomic E-state index is 0.875. The highest BCUT2D eigenvalue weighted by atomic mass is 127. The fourth-order valence-corrected chi connectivity index (χ4v) is 2.47. The third-order valence-corrected chi connectivity index (χ3v) is 3.52. The third kappa shape index (κ3) is 2.81. The normalized spacial score (nSPS) is 11.2. The molecule has 19 heavy (non-hydrogen) atoms. The topological polar surface area (TPSA) is 24.7 Å². The van der Waals surface area contributed by atoms with Crippen molar-refractivity contribution in [1.82, 2.24) is 0 Å². The van der Waals surface area contributed by atoms with Gasteiger partial charge in [-0.3, -0.25) is 0 Å². The Morgan fingerprint density at radius 2 is 1.53 bits per heavy atom. The van der Waals surface area contributed by atoms with E-state index in [4.69, 9.17) is 0 Å². The Bertz CT molecular complexity index is 745. The van der Waals surface area contributed by atoms with Crippen molar-refractivity contribution >= 4 is 44.7 Å². The number of fused-ring (bicyclic) bond motifs is 1. The van der Waals surface area contributed by atoms with Gasteiger partial charge < -0.3 is 0 Å². The molecule has 2 nitrogen and oxygen atoms in total. The summed E-state index contributed by atoms with van der Waals surface area (Å²) in [5, 5.41) is 11.0. The summed E-state index contributed by atoms with van der Waals surface area (Å²) in [5.74, 6) is 0. The van der Waals surface area contributed by atoms with E-state index in [1.165, 1.54) is 5.39 Å². The van der Waals surface area contributed by atoms with Crippen molar-refractivity contribution in [1.29, 1.82) is 0 Å². The van der Waals surface area contributed by atoms with Gasteiger partial charge in [-0.1, -0.05) is 42.5 Å². The largest absolute Gasteiger partial charge is 0.151 e. The zero-order valence-electron chi connectivity index (χ0n) is 10.1. The van der Waals surface area contributed by atoms with Crippen molar-refractivity contribution in [2.75, 3.05) is 0 Å². The third-order valence-electron chi connectivity index (χ3n) is 2.85. The van der Waals surface area contributed by atoms with Crippen molar-refractivity contribution < 1.29 is 0 Å². The van der Waals surface area contributed by atoms with Gasteiger partial charge in [0.25, 0.3) is 0 Å². The Balaban J connectivity index is 2.02. The Morgan fingerprint density at radius 3 is 2.42 bits per heavy atom. The smallest absolute Gasteiger partial charge is 0.0935 e. The molecule has 0 aliphatic heterocycles. The van der Waals surface area contributed by atoms with Gasteiger partial charge in [0.15, 0.2) is 0 Å². The first kappa shape index (κ1) is 12.3. The van der Waals surface area contributed by atoms with Crippen LogP contribution in [0, 0.1) is 3.57 Å². The lowest BCUT2D eigenvalue weighted by atomic mass is 10.1. The molecule has 0 aromatic heterocycles. The van der Waals surface area contributed by atoms with Gasteiger partial charge in [-0.05, 0) is 52.2 Å². The van der Waals surface area contributed by atoms with E-state index in [-0.39, 0.29) is 0 Å². The van der Waals surface area contributed by atoms with Crippen LogP contribution in [0.15, 0.2) is 77.0 Å². The molecule has 0 aliphatic carbocycles. The fraction of sp³-hybridized carbons (Fsp3) is 0. The van der Waals surface area contributed by atoms with Crippen LogP contribution in [0.25, 0.3) is 10.8 Å². The fourth-order valence-electron chi connectivity index (χ4n) is 1.95. The van der Waals surface area contributed by atoms with E-state index >= 15 is 0 Å². The van der Waals surface area contributed by atoms with E-state index < -0.39 is 0 Å². The van der Waals surface area contributed by atoms with Crippen molar-refractivity contribution in [3.8, 4) is 0 Å². The molecule has 3 heteroatoms. The van der Waals surface area contributed by atoms with Gasteiger partial charge in [-0.25, -0.2) is 0 Å². The highest BCUT2D eigenvalue weighted by molar-refractivity contribution is 14.1. The molecule has 0 amide bonds. The molecule has 0 unspecified atom stereocenters. The lowest BCUT2D eigenvalue weighted by molar-refractivity contribution is 1.24. The summed E-state index contributed by atoms with van der Waals surface area (Å²) in [6, 6.07) is 22.3. The Morgan fingerprint density at radius 1 is 0.737 bits per heavy atom. The molecule has 3 aromatic carbocycles. The molecular formula is C16H11IN2. The van der Waals surface area contributed by atoms with Gasteiger partial charge in [0.2, 0.25) is 0 Å². The first-order chi connectivity index (χ1) is 9.33. The number of rotatable bonds is 2. The molecular weight excluding hydrogens is 347 g/mol. The summed E-state index contributed by atoms with van der Waals surface area (Å²) in [4.78, 5) is 0. The van der Waals surface area contributed by atoms with Gasteiger partial charge in [0, 0.05) is 8.96 Å². The predicted molar refractivity (Wildman–Crippen MR) is 87.3 cm³/mol. The van der Waals surface area contributed by atoms with Crippen molar-refractivity contribution in [3.63, 3.8) is 0 Å². The number of hydrogen-bond acceptors (Lipinski definition) is 2. The number of halogens is 1. The second kappa shape index (κ2) is 5.48. The summed E-state index contributed by atoms with van der Waals surface area (Å²) in [6.07, 6.45) is 0. The molecule has 92 valence electrons. The maximum Gasteiger partial charge on any atom is 0.0935 e. The molecule has 0 saturated heterocycles. The first-order valence-electron chi connectivity index (χ1n) is 5.98. The molecule has 3 rings (SSSR count). The highest BCUT2D eigenvalue weighted by Gasteiger charge is 1.98. The van der Waals surface area contributed by atoms with Gasteiger partial charge >= 0.3 is 0 Å². The molecule has 0 N–H and O–H groups in total. The van der Waals surface area contributed by atoms with Gasteiger partial charge in [-0.2, -0.15) is 5.11 Å². The van der Waals surface area contributed by atoms with Gasteiger partial charge in [-0.15, -0.1) is 5.11 Å². The molecule has 0 saturated carbocycles. The highest BCUT2D eigenvalue weighted by Crippen LogP contribution is 2.27. The molecule has 0 heterocycles. The summed E-state index contributed by atoms with van der Waals surface area (Å²) in [6.45, 7) is 0. The number of hydrogen-bond donors (Lipinski definition) is 0. The van der Waals surface area contributed by atoms with Crippen LogP contribution in [0.5, 0.6) is 0 Å². The Hall–Kier alpha value is -1.75. The monoisotopic (exact) mass is 358 g/mol. The lowest BCUT2D eigenvalue weighted by Gasteiger charge is -2.00. The van der Waals surface area contributed by atoms with Crippen molar-refractivity contribution in [2.45, 2.75) is 0 Å². The Labute approximate surface area is 125 Å². The molecule has 0 fully saturated rings. The maximum absolute atomic E-state index is 4.37. The van der Waals surface area contributed by atoms with Crippen LogP contribution in [0.2, 0.25) is 0 Å². The summed E-state index contributed by atoms with van der Waals surface area (Å²) >= 11 is 2.27.